The summed E-state index contributed by atoms with van der Waals surface area (Å²) in [5.41, 5.74) is 0. The van der Waals surface area contributed by atoms with Gasteiger partial charge in [0.2, 0.25) is 0 Å². The maximum absolute atomic E-state index is 10.5. The molecule has 0 atom stereocenters. The first kappa shape index (κ1) is 11.3. The van der Waals surface area contributed by atoms with Crippen LogP contribution in [0.25, 0.3) is 0 Å². The van der Waals surface area contributed by atoms with Gasteiger partial charge in [0.25, 0.3) is 0 Å². The fourth-order valence-electron chi connectivity index (χ4n) is 0.0119. The average molecular weight is 140 g/mol. The van der Waals surface area contributed by atoms with Gasteiger partial charge in [0, 0.05) is 0 Å². The molecule has 0 radical (unpaired) electrons. The van der Waals surface area contributed by atoms with Crippen LogP contribution in [0.3, 0.4) is 0 Å². The second-order valence-electron chi connectivity index (χ2n) is 0.703. The molecule has 0 unspecified atom stereocenters. The molecule has 8 heteroatoms. The van der Waals surface area contributed by atoms with Gasteiger partial charge in [-0.25, -0.2) is 0 Å². The van der Waals surface area contributed by atoms with Crippen LogP contribution in [0.1, 0.15) is 0 Å². The van der Waals surface area contributed by atoms with Gasteiger partial charge in [0.1, 0.15) is 0 Å². The van der Waals surface area contributed by atoms with Crippen LogP contribution in [0, 0.1) is 0 Å². The van der Waals surface area contributed by atoms with Crippen molar-refractivity contribution in [3.8, 4) is 0 Å². The van der Waals surface area contributed by atoms with Crippen molar-refractivity contribution >= 4 is 27.9 Å². The van der Waals surface area contributed by atoms with Crippen LogP contribution < -0.4 is 0 Å². The van der Waals surface area contributed by atoms with E-state index < -0.39 is 9.05 Å². The molecule has 0 saturated carbocycles. The Labute approximate surface area is 56.5 Å². The molecule has 0 bridgehead atoms. The zero-order valence-corrected chi connectivity index (χ0v) is 3.97. The summed E-state index contributed by atoms with van der Waals surface area (Å²) in [6.07, 6.45) is 0. The normalized spacial score (nSPS) is 10.5. The van der Waals surface area contributed by atoms with Crippen LogP contribution in [0.15, 0.2) is 0 Å². The first-order chi connectivity index (χ1) is 3.12. The van der Waals surface area contributed by atoms with Gasteiger partial charge in [-0.1, -0.05) is 9.05 Å². The zero-order chi connectivity index (χ0) is 5.91. The van der Waals surface area contributed by atoms with Gasteiger partial charge in [-0.3, -0.25) is 0 Å². The number of hydrogen-bond donors (Lipinski definition) is 2. The van der Waals surface area contributed by atoms with E-state index in [1.165, 1.54) is 0 Å². The minimum atomic E-state index is -4.98. The second-order valence-corrected chi connectivity index (χ2v) is 2.11. The molecule has 0 spiro atoms. The molecule has 0 aliphatic carbocycles. The molecular weight excluding hydrogens is 137 g/mol. The van der Waals surface area contributed by atoms with Gasteiger partial charge < -0.3 is 9.59 Å². The average Bonchev–Trinajstić information content (AvgIpc) is 1.68. The van der Waals surface area contributed by atoms with E-state index in [1.54, 1.807) is 0 Å². The Morgan fingerprint density at radius 2 is 1.38 bits per heavy atom. The van der Waals surface area contributed by atoms with Crippen LogP contribution in [-0.2, 0) is 9.26 Å². The van der Waals surface area contributed by atoms with E-state index in [0.29, 0.717) is 0 Å². The summed E-state index contributed by atoms with van der Waals surface area (Å²) in [4.78, 5) is 15.3. The molecule has 4 nitrogen and oxygen atoms in total. The van der Waals surface area contributed by atoms with Gasteiger partial charge in [-0.05, 0) is 0 Å². The van der Waals surface area contributed by atoms with Crippen molar-refractivity contribution in [3.63, 3.8) is 0 Å². The van der Waals surface area contributed by atoms with E-state index in [-0.39, 0.29) is 18.9 Å². The number of halogens is 2. The topological polar surface area (TPSA) is 58.9 Å². The predicted octanol–water partition coefficient (Wildman–Crippen LogP) is -1.44. The predicted molar refractivity (Wildman–Crippen MR) is 21.7 cm³/mol. The monoisotopic (exact) mass is 140 g/mol. The Morgan fingerprint density at radius 3 is 1.38 bits per heavy atom. The van der Waals surface area contributed by atoms with Crippen LogP contribution in [0.2, 0.25) is 0 Å². The fraction of sp³-hybridized carbons (Fsp3) is 0. The third-order valence-corrected chi connectivity index (χ3v) is 0.603. The van der Waals surface area contributed by atoms with Crippen LogP contribution in [0.5, 0.6) is 0 Å². The van der Waals surface area contributed by atoms with Crippen LogP contribution >= 0.6 is 0 Å². The van der Waals surface area contributed by atoms with E-state index in [1.807, 2.05) is 0 Å². The summed E-state index contributed by atoms with van der Waals surface area (Å²) in [5.74, 6) is 0. The Morgan fingerprint density at radius 1 is 1.12 bits per heavy atom. The van der Waals surface area contributed by atoms with E-state index in [0.717, 1.165) is 0 Å². The summed E-state index contributed by atoms with van der Waals surface area (Å²) < 4.78 is 25.4. The van der Waals surface area contributed by atoms with Gasteiger partial charge in [0.15, 0.2) is 0 Å². The van der Waals surface area contributed by atoms with E-state index >= 15 is 0 Å². The maximum atomic E-state index is 10.5. The molecule has 0 aliphatic heterocycles. The molecule has 2 N–H and O–H groups in total. The summed E-state index contributed by atoms with van der Waals surface area (Å²) in [6.45, 7) is 0. The molecule has 0 aromatic rings. The van der Waals surface area contributed by atoms with Crippen molar-refractivity contribution in [2.24, 2.45) is 0 Å². The van der Waals surface area contributed by atoms with Crippen molar-refractivity contribution in [2.75, 3.05) is 0 Å². The molecule has 0 aromatic carbocycles. The summed E-state index contributed by atoms with van der Waals surface area (Å²) in [7, 11) is -4.98. The van der Waals surface area contributed by atoms with E-state index in [4.69, 9.17) is 9.59 Å². The quantitative estimate of drug-likeness (QED) is 0.461. The minimum absolute atomic E-state index is 0. The Hall–Kier alpha value is 0.514. The van der Waals surface area contributed by atoms with Crippen molar-refractivity contribution in [1.82, 2.24) is 0 Å². The second kappa shape index (κ2) is 4.40. The van der Waals surface area contributed by atoms with Crippen molar-refractivity contribution in [2.45, 2.75) is 0 Å². The Kier molecular flexibility index (Phi) is 6.23. The Bertz CT molecular complexity index is 52.0. The summed E-state index contributed by atoms with van der Waals surface area (Å²) in [5, 5.41) is 0. The molecule has 0 fully saturated rings. The molecule has 0 saturated heterocycles. The molecule has 8 heavy (non-hydrogen) atoms. The third-order valence-electron chi connectivity index (χ3n) is 0.201. The summed E-state index contributed by atoms with van der Waals surface area (Å²) >= 11 is 0. The van der Waals surface area contributed by atoms with Gasteiger partial charge in [-0.2, -0.15) is 9.26 Å². The zero-order valence-electron chi connectivity index (χ0n) is 2.97. The van der Waals surface area contributed by atoms with E-state index in [2.05, 4.69) is 9.26 Å². The van der Waals surface area contributed by atoms with Gasteiger partial charge in [-0.15, -0.1) is 0 Å². The van der Waals surface area contributed by atoms with Crippen LogP contribution in [-0.4, -0.2) is 37.5 Å². The first-order valence-electron chi connectivity index (χ1n) is 1.16. The van der Waals surface area contributed by atoms with Gasteiger partial charge in [0.05, 0.1) is 0 Å². The first-order valence-corrected chi connectivity index (χ1v) is 2.87. The molecule has 0 rings (SSSR count). The van der Waals surface area contributed by atoms with E-state index in [9.17, 15) is 9.05 Å². The third kappa shape index (κ3) is 4.67. The molecule has 0 aromatic heterocycles. The molecule has 46 valence electrons. The molecule has 0 heterocycles. The SMILES string of the molecule is O[Si](O)(OF)OF.[LiH]. The van der Waals surface area contributed by atoms with Gasteiger partial charge >= 0.3 is 27.9 Å². The number of rotatable bonds is 2. The van der Waals surface area contributed by atoms with Crippen molar-refractivity contribution in [1.29, 1.82) is 0 Å². The standard InChI is InChI=1S/F2H2O4Si.Li.H/c1-5-7(3,4)6-2;;/h3-4H;;. The molecule has 0 aliphatic rings. The molecule has 0 amide bonds. The van der Waals surface area contributed by atoms with Crippen molar-refractivity contribution < 1.29 is 27.9 Å². The van der Waals surface area contributed by atoms with Crippen molar-refractivity contribution in [3.05, 3.63) is 0 Å². The summed E-state index contributed by atoms with van der Waals surface area (Å²) in [6, 6.07) is 0. The fourth-order valence-corrected chi connectivity index (χ4v) is 0.0357. The Balaban J connectivity index is 0. The van der Waals surface area contributed by atoms with Crippen LogP contribution in [0.4, 0.5) is 9.05 Å². The number of hydrogen-bond acceptors (Lipinski definition) is 4. The molecular formula is H3F2LiO4Si.